The lowest BCUT2D eigenvalue weighted by atomic mass is 10.0. The molecule has 0 spiro atoms. The fraction of sp³-hybridized carbons (Fsp3) is 0.333. The van der Waals surface area contributed by atoms with Gasteiger partial charge in [-0.1, -0.05) is 0 Å². The Morgan fingerprint density at radius 1 is 1.54 bits per heavy atom. The lowest BCUT2D eigenvalue weighted by Crippen LogP contribution is -2.13. The van der Waals surface area contributed by atoms with Crippen molar-refractivity contribution in [2.75, 3.05) is 6.67 Å². The monoisotopic (exact) mass is 187 g/mol. The maximum atomic E-state index is 12.8. The van der Waals surface area contributed by atoms with E-state index in [0.717, 1.165) is 6.07 Å². The molecular formula is C9H11F2NO. The van der Waals surface area contributed by atoms with Gasteiger partial charge in [-0.2, -0.15) is 0 Å². The summed E-state index contributed by atoms with van der Waals surface area (Å²) in [5.74, 6) is -0.652. The first-order valence-corrected chi connectivity index (χ1v) is 3.86. The van der Waals surface area contributed by atoms with Crippen LogP contribution in [0.5, 0.6) is 5.75 Å². The van der Waals surface area contributed by atoms with Gasteiger partial charge in [-0.3, -0.25) is 0 Å². The van der Waals surface area contributed by atoms with Crippen LogP contribution < -0.4 is 5.73 Å². The molecule has 0 radical (unpaired) electrons. The van der Waals surface area contributed by atoms with Gasteiger partial charge in [0, 0.05) is 5.56 Å². The second kappa shape index (κ2) is 3.70. The number of phenolic OH excluding ortho intramolecular Hbond substituents is 1. The van der Waals surface area contributed by atoms with Gasteiger partial charge >= 0.3 is 0 Å². The van der Waals surface area contributed by atoms with Gasteiger partial charge in [-0.05, 0) is 24.6 Å². The molecule has 1 atom stereocenters. The summed E-state index contributed by atoms with van der Waals surface area (Å²) in [5, 5.41) is 9.41. The molecule has 0 saturated heterocycles. The minimum absolute atomic E-state index is 0.111. The Morgan fingerprint density at radius 2 is 2.15 bits per heavy atom. The van der Waals surface area contributed by atoms with Crippen LogP contribution >= 0.6 is 0 Å². The maximum absolute atomic E-state index is 12.8. The number of hydrogen-bond acceptors (Lipinski definition) is 2. The highest BCUT2D eigenvalue weighted by Crippen LogP contribution is 2.27. The minimum Gasteiger partial charge on any atom is -0.507 e. The average molecular weight is 187 g/mol. The fourth-order valence-electron chi connectivity index (χ4n) is 1.13. The van der Waals surface area contributed by atoms with Crippen LogP contribution in [0.25, 0.3) is 0 Å². The molecule has 0 bridgehead atoms. The van der Waals surface area contributed by atoms with Crippen molar-refractivity contribution in [3.05, 3.63) is 29.1 Å². The molecule has 13 heavy (non-hydrogen) atoms. The highest BCUT2D eigenvalue weighted by molar-refractivity contribution is 5.41. The molecule has 0 saturated carbocycles. The summed E-state index contributed by atoms with van der Waals surface area (Å²) in [6.45, 7) is 0.712. The van der Waals surface area contributed by atoms with Crippen LogP contribution in [0, 0.1) is 12.7 Å². The summed E-state index contributed by atoms with van der Waals surface area (Å²) in [6, 6.07) is 1.26. The van der Waals surface area contributed by atoms with Gasteiger partial charge in [-0.15, -0.1) is 0 Å². The van der Waals surface area contributed by atoms with Gasteiger partial charge < -0.3 is 10.8 Å². The van der Waals surface area contributed by atoms with Crippen molar-refractivity contribution >= 4 is 0 Å². The second-order valence-corrected chi connectivity index (χ2v) is 2.92. The summed E-state index contributed by atoms with van der Waals surface area (Å²) in [4.78, 5) is 0. The standard InChI is InChI=1S/C9H11F2NO/c1-5-2-6(11)3-7(9(5)13)8(12)4-10/h2-3,8,13H,4,12H2,1H3/t8-/m0/s1. The molecule has 3 N–H and O–H groups in total. The van der Waals surface area contributed by atoms with Crippen LogP contribution in [0.3, 0.4) is 0 Å². The smallest absolute Gasteiger partial charge is 0.124 e. The van der Waals surface area contributed by atoms with E-state index in [0.29, 0.717) is 5.56 Å². The second-order valence-electron chi connectivity index (χ2n) is 2.92. The number of alkyl halides is 1. The first kappa shape index (κ1) is 9.92. The largest absolute Gasteiger partial charge is 0.507 e. The van der Waals surface area contributed by atoms with E-state index in [1.54, 1.807) is 0 Å². The number of halogens is 2. The first-order valence-electron chi connectivity index (χ1n) is 3.86. The lowest BCUT2D eigenvalue weighted by Gasteiger charge is -2.11. The molecule has 0 unspecified atom stereocenters. The van der Waals surface area contributed by atoms with Crippen molar-refractivity contribution in [2.24, 2.45) is 5.73 Å². The Morgan fingerprint density at radius 3 is 2.69 bits per heavy atom. The number of aromatic hydroxyl groups is 1. The van der Waals surface area contributed by atoms with E-state index in [1.165, 1.54) is 13.0 Å². The number of nitrogens with two attached hydrogens (primary N) is 1. The van der Waals surface area contributed by atoms with Crippen LogP contribution in [-0.2, 0) is 0 Å². The first-order chi connectivity index (χ1) is 6.06. The van der Waals surface area contributed by atoms with E-state index >= 15 is 0 Å². The molecular weight excluding hydrogens is 176 g/mol. The zero-order valence-electron chi connectivity index (χ0n) is 7.22. The van der Waals surface area contributed by atoms with Gasteiger partial charge in [0.25, 0.3) is 0 Å². The Balaban J connectivity index is 3.20. The molecule has 1 aromatic rings. The quantitative estimate of drug-likeness (QED) is 0.741. The average Bonchev–Trinajstić information content (AvgIpc) is 2.10. The van der Waals surface area contributed by atoms with E-state index in [2.05, 4.69) is 0 Å². The molecule has 1 rings (SSSR count). The van der Waals surface area contributed by atoms with Crippen molar-refractivity contribution in [2.45, 2.75) is 13.0 Å². The molecule has 0 amide bonds. The topological polar surface area (TPSA) is 46.2 Å². The van der Waals surface area contributed by atoms with Gasteiger partial charge in [0.05, 0.1) is 6.04 Å². The Hall–Kier alpha value is -1.16. The van der Waals surface area contributed by atoms with Crippen molar-refractivity contribution in [1.29, 1.82) is 0 Å². The van der Waals surface area contributed by atoms with E-state index in [1.807, 2.05) is 0 Å². The number of rotatable bonds is 2. The predicted molar refractivity (Wildman–Crippen MR) is 45.7 cm³/mol. The molecule has 0 aromatic heterocycles. The third-order valence-corrected chi connectivity index (χ3v) is 1.86. The molecule has 0 heterocycles. The molecule has 4 heteroatoms. The van der Waals surface area contributed by atoms with Crippen molar-refractivity contribution in [1.82, 2.24) is 0 Å². The fourth-order valence-corrected chi connectivity index (χ4v) is 1.13. The molecule has 0 aliphatic carbocycles. The molecule has 72 valence electrons. The third-order valence-electron chi connectivity index (χ3n) is 1.86. The van der Waals surface area contributed by atoms with Gasteiger partial charge in [0.1, 0.15) is 18.2 Å². The summed E-state index contributed by atoms with van der Waals surface area (Å²) in [5.41, 5.74) is 5.80. The van der Waals surface area contributed by atoms with Crippen molar-refractivity contribution < 1.29 is 13.9 Å². The Bertz CT molecular complexity index is 315. The van der Waals surface area contributed by atoms with E-state index in [4.69, 9.17) is 5.73 Å². The van der Waals surface area contributed by atoms with Crippen LogP contribution in [-0.4, -0.2) is 11.8 Å². The predicted octanol–water partition coefficient (Wildman–Crippen LogP) is 1.81. The highest BCUT2D eigenvalue weighted by atomic mass is 19.1. The lowest BCUT2D eigenvalue weighted by molar-refractivity contribution is 0.410. The number of benzene rings is 1. The van der Waals surface area contributed by atoms with Gasteiger partial charge in [-0.25, -0.2) is 8.78 Å². The number of hydrogen-bond donors (Lipinski definition) is 2. The highest BCUT2D eigenvalue weighted by Gasteiger charge is 2.13. The van der Waals surface area contributed by atoms with E-state index in [9.17, 15) is 13.9 Å². The van der Waals surface area contributed by atoms with Gasteiger partial charge in [0.15, 0.2) is 0 Å². The van der Waals surface area contributed by atoms with Crippen LogP contribution in [0.4, 0.5) is 8.78 Å². The van der Waals surface area contributed by atoms with Crippen molar-refractivity contribution in [3.63, 3.8) is 0 Å². The summed E-state index contributed by atoms with van der Waals surface area (Å²) < 4.78 is 25.0. The van der Waals surface area contributed by atoms with Gasteiger partial charge in [0.2, 0.25) is 0 Å². The molecule has 0 aliphatic rings. The molecule has 0 aliphatic heterocycles. The van der Waals surface area contributed by atoms with Crippen molar-refractivity contribution in [3.8, 4) is 5.75 Å². The number of phenols is 1. The van der Waals surface area contributed by atoms with Crippen LogP contribution in [0.1, 0.15) is 17.2 Å². The normalized spacial score (nSPS) is 12.9. The molecule has 2 nitrogen and oxygen atoms in total. The Kier molecular flexibility index (Phi) is 2.83. The zero-order valence-corrected chi connectivity index (χ0v) is 7.22. The van der Waals surface area contributed by atoms with Crippen LogP contribution in [0.2, 0.25) is 0 Å². The summed E-state index contributed by atoms with van der Waals surface area (Å²) in [6.07, 6.45) is 0. The summed E-state index contributed by atoms with van der Waals surface area (Å²) in [7, 11) is 0. The van der Waals surface area contributed by atoms with E-state index < -0.39 is 18.5 Å². The molecule has 0 fully saturated rings. The maximum Gasteiger partial charge on any atom is 0.124 e. The minimum atomic E-state index is -0.964. The number of aryl methyl sites for hydroxylation is 1. The zero-order chi connectivity index (χ0) is 10.0. The molecule has 1 aromatic carbocycles. The summed E-state index contributed by atoms with van der Waals surface area (Å²) >= 11 is 0. The third kappa shape index (κ3) is 1.95. The van der Waals surface area contributed by atoms with Crippen LogP contribution in [0.15, 0.2) is 12.1 Å². The Labute approximate surface area is 75.0 Å². The SMILES string of the molecule is Cc1cc(F)cc([C@@H](N)CF)c1O. The van der Waals surface area contributed by atoms with E-state index in [-0.39, 0.29) is 11.3 Å².